The Morgan fingerprint density at radius 2 is 0.982 bits per heavy atom. The number of hydrogen-bond donors (Lipinski definition) is 3. The third-order valence-corrected chi connectivity index (χ3v) is 10.7. The van der Waals surface area contributed by atoms with Gasteiger partial charge < -0.3 is 20.3 Å². The average Bonchev–Trinajstić information content (AvgIpc) is 3.20. The zero-order valence-corrected chi connectivity index (χ0v) is 37.5. The van der Waals surface area contributed by atoms with E-state index in [1.54, 1.807) is 0 Å². The van der Waals surface area contributed by atoms with Crippen molar-refractivity contribution in [1.29, 1.82) is 0 Å². The first kappa shape index (κ1) is 54.6. The van der Waals surface area contributed by atoms with Gasteiger partial charge in [0.05, 0.1) is 25.2 Å². The number of aliphatic hydroxyl groups excluding tert-OH is 2. The van der Waals surface area contributed by atoms with E-state index in [4.69, 9.17) is 4.74 Å². The van der Waals surface area contributed by atoms with Gasteiger partial charge in [0.25, 0.3) is 0 Å². The van der Waals surface area contributed by atoms with Gasteiger partial charge in [0, 0.05) is 6.42 Å². The van der Waals surface area contributed by atoms with Crippen LogP contribution < -0.4 is 5.32 Å². The number of carbonyl (C=O) groups excluding carboxylic acids is 2. The summed E-state index contributed by atoms with van der Waals surface area (Å²) in [4.78, 5) is 26.0. The third kappa shape index (κ3) is 40.1. The van der Waals surface area contributed by atoms with E-state index in [1.165, 1.54) is 96.3 Å². The van der Waals surface area contributed by atoms with Crippen LogP contribution in [0.15, 0.2) is 60.8 Å². The van der Waals surface area contributed by atoms with Crippen molar-refractivity contribution in [2.45, 2.75) is 244 Å². The Morgan fingerprint density at radius 3 is 1.53 bits per heavy atom. The Morgan fingerprint density at radius 1 is 0.526 bits per heavy atom. The monoisotopic (exact) mass is 798 g/mol. The van der Waals surface area contributed by atoms with Crippen LogP contribution in [0, 0.1) is 0 Å². The fourth-order valence-corrected chi connectivity index (χ4v) is 7.03. The van der Waals surface area contributed by atoms with Gasteiger partial charge in [-0.25, -0.2) is 0 Å². The van der Waals surface area contributed by atoms with Crippen LogP contribution >= 0.6 is 0 Å². The van der Waals surface area contributed by atoms with Crippen LogP contribution in [0.5, 0.6) is 0 Å². The van der Waals surface area contributed by atoms with E-state index in [0.717, 1.165) is 83.5 Å². The molecule has 6 nitrogen and oxygen atoms in total. The normalized spacial score (nSPS) is 13.8. The molecule has 0 fully saturated rings. The molecule has 0 aliphatic rings. The van der Waals surface area contributed by atoms with Crippen molar-refractivity contribution in [2.75, 3.05) is 6.61 Å². The first-order valence-corrected chi connectivity index (χ1v) is 24.1. The molecule has 3 unspecified atom stereocenters. The van der Waals surface area contributed by atoms with E-state index in [9.17, 15) is 19.8 Å². The molecule has 0 rings (SSSR count). The van der Waals surface area contributed by atoms with Crippen molar-refractivity contribution in [2.24, 2.45) is 0 Å². The Balaban J connectivity index is 4.66. The molecule has 0 aliphatic carbocycles. The number of ether oxygens (including phenoxy) is 1. The number of nitrogens with one attached hydrogen (secondary N) is 1. The van der Waals surface area contributed by atoms with E-state index < -0.39 is 18.2 Å². The number of hydrogen-bond acceptors (Lipinski definition) is 5. The molecule has 0 aliphatic heterocycles. The smallest absolute Gasteiger partial charge is 0.306 e. The van der Waals surface area contributed by atoms with Gasteiger partial charge in [-0.3, -0.25) is 9.59 Å². The third-order valence-electron chi connectivity index (χ3n) is 10.7. The van der Waals surface area contributed by atoms with Crippen LogP contribution in [0.2, 0.25) is 0 Å². The molecule has 3 atom stereocenters. The highest BCUT2D eigenvalue weighted by Crippen LogP contribution is 2.17. The van der Waals surface area contributed by atoms with Gasteiger partial charge in [0.1, 0.15) is 6.10 Å². The summed E-state index contributed by atoms with van der Waals surface area (Å²) in [5, 5.41) is 23.7. The topological polar surface area (TPSA) is 95.9 Å². The molecule has 0 bridgehead atoms. The number of allylic oxidation sites excluding steroid dienone is 10. The lowest BCUT2D eigenvalue weighted by Gasteiger charge is -2.24. The summed E-state index contributed by atoms with van der Waals surface area (Å²) in [5.41, 5.74) is 0. The van der Waals surface area contributed by atoms with E-state index in [2.05, 4.69) is 68.6 Å². The molecule has 0 saturated carbocycles. The predicted molar refractivity (Wildman–Crippen MR) is 245 cm³/mol. The molecule has 0 aromatic rings. The summed E-state index contributed by atoms with van der Waals surface area (Å²) in [5.74, 6) is -0.532. The second-order valence-corrected chi connectivity index (χ2v) is 16.2. The van der Waals surface area contributed by atoms with E-state index >= 15 is 0 Å². The summed E-state index contributed by atoms with van der Waals surface area (Å²) in [6, 6.07) is -0.714. The number of rotatable bonds is 42. The van der Waals surface area contributed by atoms with Crippen LogP contribution in [0.1, 0.15) is 226 Å². The SMILES string of the molecule is CC/C=C/C=C/C=C/C=C\CCCCCCCC(=O)OC(CCC/C=C\CCCCCCCCC)CC(=O)NC(CO)C(O)CCCCCCCCCCCCC. The zero-order valence-electron chi connectivity index (χ0n) is 37.5. The van der Waals surface area contributed by atoms with Gasteiger partial charge >= 0.3 is 5.97 Å². The maximum atomic E-state index is 13.1. The quantitative estimate of drug-likeness (QED) is 0.0247. The Labute approximate surface area is 352 Å². The molecule has 0 spiro atoms. The van der Waals surface area contributed by atoms with E-state index in [0.29, 0.717) is 19.3 Å². The predicted octanol–water partition coefficient (Wildman–Crippen LogP) is 14.1. The molecule has 0 aromatic heterocycles. The number of aliphatic hydroxyl groups is 2. The fraction of sp³-hybridized carbons (Fsp3) is 0.765. The molecular weight excluding hydrogens is 707 g/mol. The standard InChI is InChI=1S/C51H91NO5/c1-4-7-10-13-16-19-22-24-25-26-29-32-35-38-41-44-51(56)57-47(42-39-36-33-30-28-23-20-17-14-11-8-5-2)45-50(55)52-48(46-53)49(54)43-40-37-34-31-27-21-18-15-12-9-6-3/h7,10,13,16,19,22,24-25,30,33,47-49,53-54H,4-6,8-9,11-12,14-15,17-18,20-21,23,26-29,31-32,34-46H2,1-3H3,(H,52,55)/b10-7+,16-13+,22-19+,25-24-,33-30-. The highest BCUT2D eigenvalue weighted by molar-refractivity contribution is 5.77. The Kier molecular flexibility index (Phi) is 42.7. The number of esters is 1. The summed E-state index contributed by atoms with van der Waals surface area (Å²) >= 11 is 0. The van der Waals surface area contributed by atoms with Crippen LogP contribution in [0.3, 0.4) is 0 Å². The summed E-state index contributed by atoms with van der Waals surface area (Å²) in [6.45, 7) is 6.31. The van der Waals surface area contributed by atoms with E-state index in [1.807, 2.05) is 18.2 Å². The van der Waals surface area contributed by atoms with Crippen molar-refractivity contribution in [3.8, 4) is 0 Å². The second-order valence-electron chi connectivity index (χ2n) is 16.2. The zero-order chi connectivity index (χ0) is 41.7. The highest BCUT2D eigenvalue weighted by Gasteiger charge is 2.24. The lowest BCUT2D eigenvalue weighted by molar-refractivity contribution is -0.151. The van der Waals surface area contributed by atoms with Crippen molar-refractivity contribution < 1.29 is 24.5 Å². The molecule has 0 heterocycles. The van der Waals surface area contributed by atoms with Gasteiger partial charge in [-0.15, -0.1) is 0 Å². The van der Waals surface area contributed by atoms with Gasteiger partial charge in [-0.1, -0.05) is 210 Å². The van der Waals surface area contributed by atoms with Gasteiger partial charge in [0.2, 0.25) is 5.91 Å². The molecule has 0 saturated heterocycles. The minimum Gasteiger partial charge on any atom is -0.462 e. The number of amides is 1. The molecule has 57 heavy (non-hydrogen) atoms. The molecule has 6 heteroatoms. The van der Waals surface area contributed by atoms with Crippen molar-refractivity contribution in [1.82, 2.24) is 5.32 Å². The van der Waals surface area contributed by atoms with Gasteiger partial charge in [-0.2, -0.15) is 0 Å². The Hall–Kier alpha value is -2.44. The largest absolute Gasteiger partial charge is 0.462 e. The summed E-state index contributed by atoms with van der Waals surface area (Å²) in [7, 11) is 0. The highest BCUT2D eigenvalue weighted by atomic mass is 16.5. The van der Waals surface area contributed by atoms with Gasteiger partial charge in [0.15, 0.2) is 0 Å². The fourth-order valence-electron chi connectivity index (χ4n) is 7.03. The molecule has 330 valence electrons. The maximum absolute atomic E-state index is 13.1. The maximum Gasteiger partial charge on any atom is 0.306 e. The average molecular weight is 798 g/mol. The van der Waals surface area contributed by atoms with Crippen LogP contribution in [-0.4, -0.2) is 46.9 Å². The molecule has 0 aromatic carbocycles. The first-order chi connectivity index (χ1) is 28.0. The van der Waals surface area contributed by atoms with Crippen molar-refractivity contribution in [3.05, 3.63) is 60.8 Å². The molecule has 1 amide bonds. The lowest BCUT2D eigenvalue weighted by atomic mass is 10.0. The summed E-state index contributed by atoms with van der Waals surface area (Å²) < 4.78 is 5.89. The van der Waals surface area contributed by atoms with Crippen molar-refractivity contribution in [3.63, 3.8) is 0 Å². The summed E-state index contributed by atoms with van der Waals surface area (Å²) in [6.07, 6.45) is 54.2. The minimum atomic E-state index is -0.798. The lowest BCUT2D eigenvalue weighted by Crippen LogP contribution is -2.46. The van der Waals surface area contributed by atoms with Crippen LogP contribution in [0.25, 0.3) is 0 Å². The van der Waals surface area contributed by atoms with Gasteiger partial charge in [-0.05, 0) is 64.2 Å². The number of carbonyl (C=O) groups is 2. The minimum absolute atomic E-state index is 0.0457. The van der Waals surface area contributed by atoms with Crippen molar-refractivity contribution >= 4 is 11.9 Å². The molecular formula is C51H91NO5. The molecule has 0 radical (unpaired) electrons. The van der Waals surface area contributed by atoms with Crippen LogP contribution in [0.4, 0.5) is 0 Å². The Bertz CT molecular complexity index is 1030. The van der Waals surface area contributed by atoms with Crippen LogP contribution in [-0.2, 0) is 14.3 Å². The second kappa shape index (κ2) is 44.7. The van der Waals surface area contributed by atoms with E-state index in [-0.39, 0.29) is 24.9 Å². The number of unbranched alkanes of at least 4 members (excludes halogenated alkanes) is 23. The molecule has 3 N–H and O–H groups in total. The first-order valence-electron chi connectivity index (χ1n) is 24.1.